The molecule has 13 heavy (non-hydrogen) atoms. The molecule has 3 N–H and O–H groups in total. The van der Waals surface area contributed by atoms with Gasteiger partial charge in [0.2, 0.25) is 0 Å². The van der Waals surface area contributed by atoms with Crippen LogP contribution >= 0.6 is 12.4 Å². The molecule has 0 atom stereocenters. The molecule has 0 unspecified atom stereocenters. The Bertz CT molecular complexity index is 413. The Morgan fingerprint density at radius 2 is 2.23 bits per heavy atom. The highest BCUT2D eigenvalue weighted by molar-refractivity contribution is 5.85. The van der Waals surface area contributed by atoms with Gasteiger partial charge in [-0.2, -0.15) is 0 Å². The Morgan fingerprint density at radius 3 is 2.85 bits per heavy atom. The summed E-state index contributed by atoms with van der Waals surface area (Å²) in [5, 5.41) is 0. The first-order chi connectivity index (χ1) is 5.81. The number of imidazole rings is 1. The highest BCUT2D eigenvalue weighted by Gasteiger charge is 2.04. The van der Waals surface area contributed by atoms with Crippen molar-refractivity contribution >= 4 is 23.4 Å². The molecule has 0 aliphatic heterocycles. The first-order valence-corrected chi connectivity index (χ1v) is 3.64. The van der Waals surface area contributed by atoms with E-state index in [1.165, 1.54) is 6.07 Å². The molecule has 0 aliphatic rings. The van der Waals surface area contributed by atoms with Crippen molar-refractivity contribution in [1.29, 1.82) is 0 Å². The van der Waals surface area contributed by atoms with Crippen LogP contribution in [0.3, 0.4) is 0 Å². The first-order valence-electron chi connectivity index (χ1n) is 3.64. The minimum Gasteiger partial charge on any atom is -0.341 e. The van der Waals surface area contributed by atoms with Crippen molar-refractivity contribution < 1.29 is 4.39 Å². The van der Waals surface area contributed by atoms with E-state index < -0.39 is 0 Å². The van der Waals surface area contributed by atoms with E-state index >= 15 is 0 Å². The number of H-pyrrole nitrogens is 1. The van der Waals surface area contributed by atoms with Crippen LogP contribution in [-0.4, -0.2) is 9.97 Å². The topological polar surface area (TPSA) is 54.7 Å². The number of para-hydroxylation sites is 1. The van der Waals surface area contributed by atoms with Crippen molar-refractivity contribution in [3.05, 3.63) is 29.8 Å². The van der Waals surface area contributed by atoms with Gasteiger partial charge in [-0.1, -0.05) is 6.07 Å². The van der Waals surface area contributed by atoms with Crippen LogP contribution in [0.25, 0.3) is 11.0 Å². The van der Waals surface area contributed by atoms with Gasteiger partial charge in [-0.05, 0) is 12.1 Å². The lowest BCUT2D eigenvalue weighted by atomic mass is 10.3. The number of nitrogens with two attached hydrogens (primary N) is 1. The Balaban J connectivity index is 0.000000845. The SMILES string of the molecule is Cl.NCc1nc2c(F)cccc2[nH]1. The van der Waals surface area contributed by atoms with Crippen LogP contribution < -0.4 is 5.73 Å². The van der Waals surface area contributed by atoms with Gasteiger partial charge in [0.15, 0.2) is 5.82 Å². The number of nitrogens with one attached hydrogen (secondary N) is 1. The summed E-state index contributed by atoms with van der Waals surface area (Å²) in [5.41, 5.74) is 6.40. The fourth-order valence-corrected chi connectivity index (χ4v) is 1.14. The van der Waals surface area contributed by atoms with Crippen LogP contribution in [0.2, 0.25) is 0 Å². The van der Waals surface area contributed by atoms with Crippen LogP contribution in [0.5, 0.6) is 0 Å². The number of rotatable bonds is 1. The van der Waals surface area contributed by atoms with E-state index in [0.717, 1.165) is 0 Å². The lowest BCUT2D eigenvalue weighted by Crippen LogP contribution is -1.97. The van der Waals surface area contributed by atoms with Gasteiger partial charge in [-0.15, -0.1) is 12.4 Å². The van der Waals surface area contributed by atoms with Gasteiger partial charge < -0.3 is 10.7 Å². The Morgan fingerprint density at radius 1 is 1.46 bits per heavy atom. The fraction of sp³-hybridized carbons (Fsp3) is 0.125. The van der Waals surface area contributed by atoms with Crippen molar-refractivity contribution in [1.82, 2.24) is 9.97 Å². The molecule has 0 radical (unpaired) electrons. The number of hydrogen-bond donors (Lipinski definition) is 2. The molecular formula is C8H9ClFN3. The largest absolute Gasteiger partial charge is 0.341 e. The van der Waals surface area contributed by atoms with E-state index in [0.29, 0.717) is 23.4 Å². The number of nitrogens with zero attached hydrogens (tertiary/aromatic N) is 1. The van der Waals surface area contributed by atoms with E-state index in [1.54, 1.807) is 12.1 Å². The van der Waals surface area contributed by atoms with Gasteiger partial charge in [-0.25, -0.2) is 9.37 Å². The van der Waals surface area contributed by atoms with E-state index in [2.05, 4.69) is 9.97 Å². The number of hydrogen-bond acceptors (Lipinski definition) is 2. The monoisotopic (exact) mass is 201 g/mol. The molecule has 0 aliphatic carbocycles. The summed E-state index contributed by atoms with van der Waals surface area (Å²) in [6.07, 6.45) is 0. The highest BCUT2D eigenvalue weighted by atomic mass is 35.5. The van der Waals surface area contributed by atoms with Crippen molar-refractivity contribution in [3.63, 3.8) is 0 Å². The Hall–Kier alpha value is -1.13. The van der Waals surface area contributed by atoms with Gasteiger partial charge >= 0.3 is 0 Å². The molecule has 1 aromatic carbocycles. The number of fused-ring (bicyclic) bond motifs is 1. The molecular weight excluding hydrogens is 193 g/mol. The van der Waals surface area contributed by atoms with Crippen molar-refractivity contribution in [2.45, 2.75) is 6.54 Å². The molecule has 0 saturated carbocycles. The van der Waals surface area contributed by atoms with Crippen LogP contribution in [0.4, 0.5) is 4.39 Å². The number of aromatic amines is 1. The van der Waals surface area contributed by atoms with Gasteiger partial charge in [0.05, 0.1) is 12.1 Å². The van der Waals surface area contributed by atoms with Crippen molar-refractivity contribution in [3.8, 4) is 0 Å². The van der Waals surface area contributed by atoms with Gasteiger partial charge in [-0.3, -0.25) is 0 Å². The smallest absolute Gasteiger partial charge is 0.151 e. The Kier molecular flexibility index (Phi) is 2.85. The first kappa shape index (κ1) is 9.95. The molecule has 0 bridgehead atoms. The summed E-state index contributed by atoms with van der Waals surface area (Å²) in [6, 6.07) is 4.78. The highest BCUT2D eigenvalue weighted by Crippen LogP contribution is 2.14. The van der Waals surface area contributed by atoms with Crippen LogP contribution in [0.15, 0.2) is 18.2 Å². The summed E-state index contributed by atoms with van der Waals surface area (Å²) in [7, 11) is 0. The van der Waals surface area contributed by atoms with Gasteiger partial charge in [0.1, 0.15) is 11.3 Å². The molecule has 3 nitrogen and oxygen atoms in total. The molecule has 0 amide bonds. The third-order valence-electron chi connectivity index (χ3n) is 1.71. The molecule has 2 aromatic rings. The van der Waals surface area contributed by atoms with Crippen LogP contribution in [0, 0.1) is 5.82 Å². The summed E-state index contributed by atoms with van der Waals surface area (Å²) < 4.78 is 13.0. The molecule has 2 rings (SSSR count). The van der Waals surface area contributed by atoms with Crippen molar-refractivity contribution in [2.24, 2.45) is 5.73 Å². The molecule has 1 aromatic heterocycles. The second kappa shape index (κ2) is 3.72. The molecule has 0 spiro atoms. The van der Waals surface area contributed by atoms with E-state index in [1.807, 2.05) is 0 Å². The maximum Gasteiger partial charge on any atom is 0.151 e. The zero-order valence-electron chi connectivity index (χ0n) is 6.75. The predicted molar refractivity (Wildman–Crippen MR) is 51.2 cm³/mol. The van der Waals surface area contributed by atoms with Crippen LogP contribution in [-0.2, 0) is 6.54 Å². The number of aromatic nitrogens is 2. The molecule has 1 heterocycles. The Labute approximate surface area is 80.6 Å². The predicted octanol–water partition coefficient (Wildman–Crippen LogP) is 1.58. The molecule has 0 fully saturated rings. The van der Waals surface area contributed by atoms with E-state index in [9.17, 15) is 4.39 Å². The summed E-state index contributed by atoms with van der Waals surface area (Å²) >= 11 is 0. The van der Waals surface area contributed by atoms with Crippen molar-refractivity contribution in [2.75, 3.05) is 0 Å². The maximum atomic E-state index is 13.0. The zero-order chi connectivity index (χ0) is 8.55. The van der Waals surface area contributed by atoms with E-state index in [-0.39, 0.29) is 18.2 Å². The average Bonchev–Trinajstić information content (AvgIpc) is 2.49. The third-order valence-corrected chi connectivity index (χ3v) is 1.71. The maximum absolute atomic E-state index is 13.0. The van der Waals surface area contributed by atoms with Gasteiger partial charge in [0.25, 0.3) is 0 Å². The lowest BCUT2D eigenvalue weighted by molar-refractivity contribution is 0.637. The fourth-order valence-electron chi connectivity index (χ4n) is 1.14. The minimum atomic E-state index is -0.316. The zero-order valence-corrected chi connectivity index (χ0v) is 7.57. The minimum absolute atomic E-state index is 0. The molecule has 0 saturated heterocycles. The summed E-state index contributed by atoms with van der Waals surface area (Å²) in [4.78, 5) is 6.89. The molecule has 5 heteroatoms. The van der Waals surface area contributed by atoms with Gasteiger partial charge in [0, 0.05) is 0 Å². The van der Waals surface area contributed by atoms with Crippen LogP contribution in [0.1, 0.15) is 5.82 Å². The number of halogens is 2. The summed E-state index contributed by atoms with van der Waals surface area (Å²) in [6.45, 7) is 0.300. The second-order valence-electron chi connectivity index (χ2n) is 2.52. The normalized spacial score (nSPS) is 10.0. The quantitative estimate of drug-likeness (QED) is 0.736. The summed E-state index contributed by atoms with van der Waals surface area (Å²) in [5.74, 6) is 0.290. The number of benzene rings is 1. The average molecular weight is 202 g/mol. The second-order valence-corrected chi connectivity index (χ2v) is 2.52. The molecule has 70 valence electrons. The van der Waals surface area contributed by atoms with E-state index in [4.69, 9.17) is 5.73 Å². The lowest BCUT2D eigenvalue weighted by Gasteiger charge is -1.86. The standard InChI is InChI=1S/C8H8FN3.ClH/c9-5-2-1-3-6-8(5)12-7(4-10)11-6;/h1-3H,4,10H2,(H,11,12);1H. The third kappa shape index (κ3) is 1.64.